The van der Waals surface area contributed by atoms with E-state index in [0.717, 1.165) is 29.5 Å². The Morgan fingerprint density at radius 3 is 2.56 bits per heavy atom. The summed E-state index contributed by atoms with van der Waals surface area (Å²) in [4.78, 5) is 0. The largest absolute Gasteiger partial charge is 0.318 e. The monoisotopic (exact) mass is 241 g/mol. The molecule has 0 bridgehead atoms. The second kappa shape index (κ2) is 3.92. The lowest BCUT2D eigenvalue weighted by molar-refractivity contribution is 0.534. The van der Waals surface area contributed by atoms with E-state index < -0.39 is 5.54 Å². The Hall–Kier alpha value is -1.67. The van der Waals surface area contributed by atoms with Crippen LogP contribution in [0.3, 0.4) is 0 Å². The molecule has 1 atom stereocenters. The van der Waals surface area contributed by atoms with Crippen LogP contribution in [-0.2, 0) is 12.0 Å². The molecule has 0 aliphatic heterocycles. The van der Waals surface area contributed by atoms with Crippen molar-refractivity contribution >= 4 is 0 Å². The standard InChI is InChI=1S/C16H16FN/c1-11-2-4-13(5-3-11)16(18)9-8-12-10-14(17)6-7-15(12)16/h2-7,10H,8-9,18H2,1H3. The molecule has 0 aromatic heterocycles. The Morgan fingerprint density at radius 1 is 1.11 bits per heavy atom. The van der Waals surface area contributed by atoms with E-state index in [1.807, 2.05) is 6.07 Å². The molecule has 0 heterocycles. The maximum absolute atomic E-state index is 13.2. The van der Waals surface area contributed by atoms with Gasteiger partial charge in [-0.3, -0.25) is 0 Å². The summed E-state index contributed by atoms with van der Waals surface area (Å²) in [5, 5.41) is 0. The van der Waals surface area contributed by atoms with Gasteiger partial charge in [0.05, 0.1) is 5.54 Å². The van der Waals surface area contributed by atoms with E-state index in [2.05, 4.69) is 31.2 Å². The molecule has 18 heavy (non-hydrogen) atoms. The number of halogens is 1. The van der Waals surface area contributed by atoms with Crippen molar-refractivity contribution in [1.29, 1.82) is 0 Å². The molecule has 2 heteroatoms. The Balaban J connectivity index is 2.11. The zero-order chi connectivity index (χ0) is 12.8. The van der Waals surface area contributed by atoms with E-state index in [-0.39, 0.29) is 5.82 Å². The number of rotatable bonds is 1. The molecule has 0 amide bonds. The fourth-order valence-electron chi connectivity index (χ4n) is 2.82. The van der Waals surface area contributed by atoms with Crippen LogP contribution in [0.4, 0.5) is 4.39 Å². The van der Waals surface area contributed by atoms with Crippen molar-refractivity contribution in [2.75, 3.05) is 0 Å². The number of hydrogen-bond donors (Lipinski definition) is 1. The molecule has 2 aromatic rings. The van der Waals surface area contributed by atoms with Gasteiger partial charge in [0.15, 0.2) is 0 Å². The first-order chi connectivity index (χ1) is 8.59. The van der Waals surface area contributed by atoms with Gasteiger partial charge in [-0.05, 0) is 48.6 Å². The predicted octanol–water partition coefficient (Wildman–Crippen LogP) is 3.28. The summed E-state index contributed by atoms with van der Waals surface area (Å²) in [5.74, 6) is -0.179. The van der Waals surface area contributed by atoms with Gasteiger partial charge in [0.2, 0.25) is 0 Å². The van der Waals surface area contributed by atoms with E-state index in [0.29, 0.717) is 0 Å². The highest BCUT2D eigenvalue weighted by molar-refractivity contribution is 5.47. The lowest BCUT2D eigenvalue weighted by Crippen LogP contribution is -2.35. The molecule has 2 aromatic carbocycles. The second-order valence-electron chi connectivity index (χ2n) is 5.14. The van der Waals surface area contributed by atoms with Crippen LogP contribution >= 0.6 is 0 Å². The average Bonchev–Trinajstić information content (AvgIpc) is 2.68. The Kier molecular flexibility index (Phi) is 2.49. The molecule has 0 saturated heterocycles. The number of aryl methyl sites for hydroxylation is 2. The van der Waals surface area contributed by atoms with Crippen molar-refractivity contribution < 1.29 is 4.39 Å². The van der Waals surface area contributed by atoms with Crippen LogP contribution in [0.5, 0.6) is 0 Å². The summed E-state index contributed by atoms with van der Waals surface area (Å²) < 4.78 is 13.2. The summed E-state index contributed by atoms with van der Waals surface area (Å²) in [7, 11) is 0. The van der Waals surface area contributed by atoms with Crippen LogP contribution < -0.4 is 5.73 Å². The highest BCUT2D eigenvalue weighted by Crippen LogP contribution is 2.40. The second-order valence-corrected chi connectivity index (χ2v) is 5.14. The number of benzene rings is 2. The van der Waals surface area contributed by atoms with Crippen molar-refractivity contribution in [2.45, 2.75) is 25.3 Å². The molecule has 1 aliphatic rings. The third-order valence-corrected chi connectivity index (χ3v) is 3.90. The van der Waals surface area contributed by atoms with E-state index in [1.165, 1.54) is 11.6 Å². The minimum Gasteiger partial charge on any atom is -0.318 e. The average molecular weight is 241 g/mol. The Labute approximate surface area is 106 Å². The van der Waals surface area contributed by atoms with Gasteiger partial charge >= 0.3 is 0 Å². The third-order valence-electron chi connectivity index (χ3n) is 3.90. The first-order valence-electron chi connectivity index (χ1n) is 6.24. The lowest BCUT2D eigenvalue weighted by Gasteiger charge is -2.26. The maximum Gasteiger partial charge on any atom is 0.123 e. The summed E-state index contributed by atoms with van der Waals surface area (Å²) in [6, 6.07) is 13.2. The molecule has 1 aliphatic carbocycles. The molecular weight excluding hydrogens is 225 g/mol. The third kappa shape index (κ3) is 1.65. The summed E-state index contributed by atoms with van der Waals surface area (Å²) >= 11 is 0. The molecule has 0 saturated carbocycles. The van der Waals surface area contributed by atoms with Crippen molar-refractivity contribution in [3.63, 3.8) is 0 Å². The van der Waals surface area contributed by atoms with E-state index >= 15 is 0 Å². The van der Waals surface area contributed by atoms with Crippen LogP contribution in [-0.4, -0.2) is 0 Å². The molecule has 92 valence electrons. The van der Waals surface area contributed by atoms with Gasteiger partial charge in [-0.1, -0.05) is 35.9 Å². The van der Waals surface area contributed by atoms with Crippen molar-refractivity contribution in [3.05, 3.63) is 70.5 Å². The van der Waals surface area contributed by atoms with E-state index in [4.69, 9.17) is 5.73 Å². The van der Waals surface area contributed by atoms with E-state index in [1.54, 1.807) is 6.07 Å². The van der Waals surface area contributed by atoms with E-state index in [9.17, 15) is 4.39 Å². The van der Waals surface area contributed by atoms with Gasteiger partial charge in [-0.15, -0.1) is 0 Å². The first kappa shape index (κ1) is 11.4. The Morgan fingerprint density at radius 2 is 1.83 bits per heavy atom. The fourth-order valence-corrected chi connectivity index (χ4v) is 2.82. The summed E-state index contributed by atoms with van der Waals surface area (Å²) in [6.45, 7) is 2.06. The van der Waals surface area contributed by atoms with Gasteiger partial charge < -0.3 is 5.73 Å². The van der Waals surface area contributed by atoms with Crippen molar-refractivity contribution in [1.82, 2.24) is 0 Å². The molecule has 2 N–H and O–H groups in total. The minimum absolute atomic E-state index is 0.179. The smallest absolute Gasteiger partial charge is 0.123 e. The molecule has 1 unspecified atom stereocenters. The molecule has 0 fully saturated rings. The molecule has 3 rings (SSSR count). The SMILES string of the molecule is Cc1ccc(C2(N)CCc3cc(F)ccc32)cc1. The Bertz CT molecular complexity index is 589. The fraction of sp³-hybridized carbons (Fsp3) is 0.250. The van der Waals surface area contributed by atoms with Crippen LogP contribution in [0.25, 0.3) is 0 Å². The zero-order valence-electron chi connectivity index (χ0n) is 10.4. The highest BCUT2D eigenvalue weighted by atomic mass is 19.1. The first-order valence-corrected chi connectivity index (χ1v) is 6.24. The topological polar surface area (TPSA) is 26.0 Å². The predicted molar refractivity (Wildman–Crippen MR) is 70.9 cm³/mol. The molecular formula is C16H16FN. The molecule has 0 radical (unpaired) electrons. The van der Waals surface area contributed by atoms with Crippen LogP contribution in [0.2, 0.25) is 0 Å². The number of nitrogens with two attached hydrogens (primary N) is 1. The normalized spacial score (nSPS) is 21.9. The summed E-state index contributed by atoms with van der Waals surface area (Å²) in [6.07, 6.45) is 1.69. The number of hydrogen-bond acceptors (Lipinski definition) is 1. The molecule has 1 nitrogen and oxygen atoms in total. The highest BCUT2D eigenvalue weighted by Gasteiger charge is 2.36. The molecule has 0 spiro atoms. The number of fused-ring (bicyclic) bond motifs is 1. The van der Waals surface area contributed by atoms with Crippen LogP contribution in [0, 0.1) is 12.7 Å². The lowest BCUT2D eigenvalue weighted by atomic mass is 9.85. The van der Waals surface area contributed by atoms with Gasteiger partial charge in [0.25, 0.3) is 0 Å². The summed E-state index contributed by atoms with van der Waals surface area (Å²) in [5.41, 5.74) is 10.5. The maximum atomic E-state index is 13.2. The van der Waals surface area contributed by atoms with Crippen molar-refractivity contribution in [2.24, 2.45) is 5.73 Å². The van der Waals surface area contributed by atoms with Crippen LogP contribution in [0.1, 0.15) is 28.7 Å². The minimum atomic E-state index is -0.462. The van der Waals surface area contributed by atoms with Gasteiger partial charge in [0, 0.05) is 0 Å². The van der Waals surface area contributed by atoms with Gasteiger partial charge in [-0.2, -0.15) is 0 Å². The van der Waals surface area contributed by atoms with Gasteiger partial charge in [0.1, 0.15) is 5.82 Å². The quantitative estimate of drug-likeness (QED) is 0.814. The zero-order valence-corrected chi connectivity index (χ0v) is 10.4. The van der Waals surface area contributed by atoms with Crippen molar-refractivity contribution in [3.8, 4) is 0 Å². The van der Waals surface area contributed by atoms with Crippen LogP contribution in [0.15, 0.2) is 42.5 Å². The van der Waals surface area contributed by atoms with Gasteiger partial charge in [-0.25, -0.2) is 4.39 Å².